The van der Waals surface area contributed by atoms with Gasteiger partial charge >= 0.3 is 0 Å². The average Bonchev–Trinajstić information content (AvgIpc) is 2.56. The van der Waals surface area contributed by atoms with E-state index in [4.69, 9.17) is 0 Å². The van der Waals surface area contributed by atoms with E-state index >= 15 is 0 Å². The summed E-state index contributed by atoms with van der Waals surface area (Å²) in [6.07, 6.45) is 3.85. The van der Waals surface area contributed by atoms with Crippen LogP contribution in [0.5, 0.6) is 0 Å². The largest absolute Gasteiger partial charge is 0.240 e. The third kappa shape index (κ3) is 4.01. The maximum Gasteiger partial charge on any atom is 0.240 e. The van der Waals surface area contributed by atoms with Crippen LogP contribution in [0.1, 0.15) is 42.7 Å². The van der Waals surface area contributed by atoms with Crippen LogP contribution in [0.4, 0.5) is 0 Å². The number of sulfonamides is 1. The maximum atomic E-state index is 12.5. The van der Waals surface area contributed by atoms with Gasteiger partial charge in [-0.3, -0.25) is 0 Å². The summed E-state index contributed by atoms with van der Waals surface area (Å²) in [6, 6.07) is 17.6. The Kier molecular flexibility index (Phi) is 4.83. The molecule has 0 aromatic heterocycles. The Morgan fingerprint density at radius 3 is 2.09 bits per heavy atom. The molecule has 0 heterocycles. The standard InChI is InChI=1S/C19H23NO2S/c1-15-7-13-19(14-8-15)23(21,22)20-18-11-9-17(10-12-18)16-5-3-2-4-6-16/h2-8,13-14,17-18,20H,9-12H2,1H3. The summed E-state index contributed by atoms with van der Waals surface area (Å²) < 4.78 is 27.8. The summed E-state index contributed by atoms with van der Waals surface area (Å²) in [7, 11) is -3.41. The van der Waals surface area contributed by atoms with E-state index in [1.807, 2.05) is 25.1 Å². The van der Waals surface area contributed by atoms with Gasteiger partial charge in [-0.05, 0) is 56.2 Å². The third-order valence-electron chi connectivity index (χ3n) is 4.65. The van der Waals surface area contributed by atoms with Gasteiger partial charge in [0.15, 0.2) is 0 Å². The number of aryl methyl sites for hydroxylation is 1. The molecule has 2 aromatic rings. The minimum absolute atomic E-state index is 0.0428. The Labute approximate surface area is 138 Å². The first-order valence-corrected chi connectivity index (χ1v) is 9.67. The van der Waals surface area contributed by atoms with Crippen LogP contribution in [0, 0.1) is 6.92 Å². The van der Waals surface area contributed by atoms with Gasteiger partial charge in [0.25, 0.3) is 0 Å². The SMILES string of the molecule is Cc1ccc(S(=O)(=O)NC2CCC(c3ccccc3)CC2)cc1. The molecule has 0 atom stereocenters. The van der Waals surface area contributed by atoms with Crippen molar-refractivity contribution in [3.05, 3.63) is 65.7 Å². The molecule has 0 radical (unpaired) electrons. The molecule has 122 valence electrons. The fourth-order valence-electron chi connectivity index (χ4n) is 3.27. The van der Waals surface area contributed by atoms with E-state index in [2.05, 4.69) is 29.0 Å². The number of rotatable bonds is 4. The second kappa shape index (κ2) is 6.85. The van der Waals surface area contributed by atoms with Crippen molar-refractivity contribution in [1.82, 2.24) is 4.72 Å². The maximum absolute atomic E-state index is 12.5. The van der Waals surface area contributed by atoms with E-state index in [9.17, 15) is 8.42 Å². The van der Waals surface area contributed by atoms with E-state index in [1.165, 1.54) is 5.56 Å². The quantitative estimate of drug-likeness (QED) is 0.921. The molecule has 0 bridgehead atoms. The lowest BCUT2D eigenvalue weighted by Crippen LogP contribution is -2.37. The van der Waals surface area contributed by atoms with Crippen LogP contribution in [0.15, 0.2) is 59.5 Å². The molecular formula is C19H23NO2S. The van der Waals surface area contributed by atoms with E-state index in [-0.39, 0.29) is 6.04 Å². The smallest absolute Gasteiger partial charge is 0.208 e. The normalized spacial score (nSPS) is 22.0. The first kappa shape index (κ1) is 16.2. The predicted octanol–water partition coefficient (Wildman–Crippen LogP) is 4.00. The van der Waals surface area contributed by atoms with Crippen LogP contribution >= 0.6 is 0 Å². The molecule has 23 heavy (non-hydrogen) atoms. The molecule has 0 amide bonds. The molecule has 1 saturated carbocycles. The number of hydrogen-bond acceptors (Lipinski definition) is 2. The molecular weight excluding hydrogens is 306 g/mol. The summed E-state index contributed by atoms with van der Waals surface area (Å²) in [6.45, 7) is 1.95. The van der Waals surface area contributed by atoms with Crippen LogP contribution in [0.25, 0.3) is 0 Å². The molecule has 1 fully saturated rings. The Balaban J connectivity index is 1.61. The molecule has 3 rings (SSSR count). The van der Waals surface area contributed by atoms with E-state index < -0.39 is 10.0 Å². The van der Waals surface area contributed by atoms with Crippen LogP contribution in [-0.4, -0.2) is 14.5 Å². The van der Waals surface area contributed by atoms with Gasteiger partial charge < -0.3 is 0 Å². The predicted molar refractivity (Wildman–Crippen MR) is 92.9 cm³/mol. The van der Waals surface area contributed by atoms with Crippen molar-refractivity contribution in [2.45, 2.75) is 49.5 Å². The van der Waals surface area contributed by atoms with E-state index in [1.54, 1.807) is 12.1 Å². The van der Waals surface area contributed by atoms with Crippen molar-refractivity contribution in [3.63, 3.8) is 0 Å². The first-order valence-electron chi connectivity index (χ1n) is 8.18. The molecule has 3 nitrogen and oxygen atoms in total. The fraction of sp³-hybridized carbons (Fsp3) is 0.368. The lowest BCUT2D eigenvalue weighted by atomic mass is 9.82. The zero-order valence-electron chi connectivity index (χ0n) is 13.4. The van der Waals surface area contributed by atoms with Gasteiger partial charge in [0.1, 0.15) is 0 Å². The lowest BCUT2D eigenvalue weighted by molar-refractivity contribution is 0.374. The van der Waals surface area contributed by atoms with Crippen molar-refractivity contribution in [2.75, 3.05) is 0 Å². The molecule has 0 saturated heterocycles. The minimum Gasteiger partial charge on any atom is -0.208 e. The molecule has 1 aliphatic carbocycles. The van der Waals surface area contributed by atoms with Crippen LogP contribution in [0.3, 0.4) is 0 Å². The monoisotopic (exact) mass is 329 g/mol. The van der Waals surface area contributed by atoms with Gasteiger partial charge in [-0.15, -0.1) is 0 Å². The Bertz CT molecular complexity index is 731. The number of nitrogens with one attached hydrogen (secondary N) is 1. The second-order valence-electron chi connectivity index (χ2n) is 6.39. The van der Waals surface area contributed by atoms with Gasteiger partial charge in [-0.1, -0.05) is 48.0 Å². The van der Waals surface area contributed by atoms with Gasteiger partial charge in [0.05, 0.1) is 4.90 Å². The van der Waals surface area contributed by atoms with Crippen molar-refractivity contribution < 1.29 is 8.42 Å². The van der Waals surface area contributed by atoms with Gasteiger partial charge in [0.2, 0.25) is 10.0 Å². The lowest BCUT2D eigenvalue weighted by Gasteiger charge is -2.29. The zero-order chi connectivity index (χ0) is 16.3. The minimum atomic E-state index is -3.41. The van der Waals surface area contributed by atoms with Crippen LogP contribution in [-0.2, 0) is 10.0 Å². The highest BCUT2D eigenvalue weighted by atomic mass is 32.2. The Morgan fingerprint density at radius 1 is 0.870 bits per heavy atom. The number of hydrogen-bond donors (Lipinski definition) is 1. The van der Waals surface area contributed by atoms with Gasteiger partial charge in [0, 0.05) is 6.04 Å². The topological polar surface area (TPSA) is 46.2 Å². The summed E-state index contributed by atoms with van der Waals surface area (Å²) >= 11 is 0. The summed E-state index contributed by atoms with van der Waals surface area (Å²) in [5.41, 5.74) is 2.43. The molecule has 1 aliphatic rings. The first-order chi connectivity index (χ1) is 11.0. The van der Waals surface area contributed by atoms with Crippen molar-refractivity contribution in [2.24, 2.45) is 0 Å². The average molecular weight is 329 g/mol. The molecule has 2 aromatic carbocycles. The Morgan fingerprint density at radius 2 is 1.48 bits per heavy atom. The van der Waals surface area contributed by atoms with Crippen LogP contribution in [0.2, 0.25) is 0 Å². The van der Waals surface area contributed by atoms with Crippen LogP contribution < -0.4 is 4.72 Å². The second-order valence-corrected chi connectivity index (χ2v) is 8.11. The van der Waals surface area contributed by atoms with Gasteiger partial charge in [-0.25, -0.2) is 13.1 Å². The van der Waals surface area contributed by atoms with Crippen molar-refractivity contribution in [1.29, 1.82) is 0 Å². The Hall–Kier alpha value is -1.65. The molecule has 0 unspecified atom stereocenters. The highest BCUT2D eigenvalue weighted by Gasteiger charge is 2.26. The molecule has 0 spiro atoms. The molecule has 1 N–H and O–H groups in total. The van der Waals surface area contributed by atoms with Crippen molar-refractivity contribution in [3.8, 4) is 0 Å². The van der Waals surface area contributed by atoms with Crippen molar-refractivity contribution >= 4 is 10.0 Å². The summed E-state index contributed by atoms with van der Waals surface area (Å²) in [5.74, 6) is 0.552. The highest BCUT2D eigenvalue weighted by Crippen LogP contribution is 2.33. The molecule has 0 aliphatic heterocycles. The fourth-order valence-corrected chi connectivity index (χ4v) is 4.58. The third-order valence-corrected chi connectivity index (χ3v) is 6.19. The molecule has 4 heteroatoms. The van der Waals surface area contributed by atoms with Gasteiger partial charge in [-0.2, -0.15) is 0 Å². The summed E-state index contributed by atoms with van der Waals surface area (Å²) in [4.78, 5) is 0.355. The highest BCUT2D eigenvalue weighted by molar-refractivity contribution is 7.89. The zero-order valence-corrected chi connectivity index (χ0v) is 14.2. The van der Waals surface area contributed by atoms with E-state index in [0.29, 0.717) is 10.8 Å². The number of benzene rings is 2. The summed E-state index contributed by atoms with van der Waals surface area (Å²) in [5, 5.41) is 0. The van der Waals surface area contributed by atoms with E-state index in [0.717, 1.165) is 31.2 Å².